The van der Waals surface area contributed by atoms with Gasteiger partial charge in [0.05, 0.1) is 13.3 Å². The Bertz CT molecular complexity index is 750. The summed E-state index contributed by atoms with van der Waals surface area (Å²) in [5.74, 6) is 0.757. The Kier molecular flexibility index (Phi) is 4.10. The third kappa shape index (κ3) is 3.28. The van der Waals surface area contributed by atoms with Crippen LogP contribution in [0.2, 0.25) is 0 Å². The zero-order valence-corrected chi connectivity index (χ0v) is 12.6. The van der Waals surface area contributed by atoms with E-state index in [2.05, 4.69) is 29.4 Å². The summed E-state index contributed by atoms with van der Waals surface area (Å²) in [6.45, 7) is 0.851. The second-order valence-corrected chi connectivity index (χ2v) is 5.22. The third-order valence-electron chi connectivity index (χ3n) is 3.60. The fourth-order valence-corrected chi connectivity index (χ4v) is 2.43. The highest BCUT2D eigenvalue weighted by atomic mass is 16.5. The first-order chi connectivity index (χ1) is 10.7. The van der Waals surface area contributed by atoms with Gasteiger partial charge in [0.1, 0.15) is 5.75 Å². The highest BCUT2D eigenvalue weighted by Crippen LogP contribution is 2.26. The molecule has 22 heavy (non-hydrogen) atoms. The second-order valence-electron chi connectivity index (χ2n) is 5.22. The molecule has 0 unspecified atom stereocenters. The molecule has 4 nitrogen and oxygen atoms in total. The van der Waals surface area contributed by atoms with Crippen LogP contribution in [-0.4, -0.2) is 16.9 Å². The Labute approximate surface area is 130 Å². The van der Waals surface area contributed by atoms with Gasteiger partial charge >= 0.3 is 0 Å². The first-order valence-corrected chi connectivity index (χ1v) is 7.26. The number of nitrogens with zero attached hydrogens (tertiary/aromatic N) is 2. The van der Waals surface area contributed by atoms with Crippen molar-refractivity contribution in [3.63, 3.8) is 0 Å². The first kappa shape index (κ1) is 14.2. The molecular formula is C18H19N3O. The van der Waals surface area contributed by atoms with E-state index in [1.807, 2.05) is 41.3 Å². The average Bonchev–Trinajstić information content (AvgIpc) is 3.02. The van der Waals surface area contributed by atoms with E-state index in [0.29, 0.717) is 5.69 Å². The highest BCUT2D eigenvalue weighted by molar-refractivity contribution is 5.68. The first-order valence-electron chi connectivity index (χ1n) is 7.26. The van der Waals surface area contributed by atoms with Gasteiger partial charge in [0.15, 0.2) is 0 Å². The van der Waals surface area contributed by atoms with Crippen LogP contribution in [0.5, 0.6) is 5.75 Å². The number of nitrogens with two attached hydrogens (primary N) is 1. The van der Waals surface area contributed by atoms with Gasteiger partial charge in [-0.3, -0.25) is 4.68 Å². The van der Waals surface area contributed by atoms with Crippen molar-refractivity contribution in [3.8, 4) is 16.9 Å². The van der Waals surface area contributed by atoms with Gasteiger partial charge in [-0.1, -0.05) is 30.3 Å². The Morgan fingerprint density at radius 3 is 2.68 bits per heavy atom. The molecule has 0 amide bonds. The molecule has 0 aliphatic rings. The van der Waals surface area contributed by atoms with Crippen LogP contribution in [0.15, 0.2) is 60.9 Å². The fourth-order valence-electron chi connectivity index (χ4n) is 2.43. The average molecular weight is 293 g/mol. The highest BCUT2D eigenvalue weighted by Gasteiger charge is 2.05. The molecule has 0 atom stereocenters. The molecule has 0 spiro atoms. The van der Waals surface area contributed by atoms with Gasteiger partial charge in [-0.15, -0.1) is 0 Å². The van der Waals surface area contributed by atoms with Crippen LogP contribution in [0.3, 0.4) is 0 Å². The van der Waals surface area contributed by atoms with Crippen LogP contribution in [0.25, 0.3) is 11.1 Å². The number of hydrogen-bond acceptors (Lipinski definition) is 3. The Morgan fingerprint density at radius 2 is 1.91 bits per heavy atom. The summed E-state index contributed by atoms with van der Waals surface area (Å²) in [5, 5.41) is 4.43. The Hall–Kier alpha value is -2.75. The van der Waals surface area contributed by atoms with Crippen LogP contribution in [0, 0.1) is 0 Å². The third-order valence-corrected chi connectivity index (χ3v) is 3.60. The summed E-state index contributed by atoms with van der Waals surface area (Å²) in [5.41, 5.74) is 9.96. The van der Waals surface area contributed by atoms with Gasteiger partial charge in [-0.2, -0.15) is 5.10 Å². The Morgan fingerprint density at radius 1 is 1.09 bits per heavy atom. The van der Waals surface area contributed by atoms with E-state index in [0.717, 1.165) is 29.8 Å². The lowest BCUT2D eigenvalue weighted by Crippen LogP contribution is -2.01. The monoisotopic (exact) mass is 293 g/mol. The summed E-state index contributed by atoms with van der Waals surface area (Å²) in [6.07, 6.45) is 4.86. The topological polar surface area (TPSA) is 53.1 Å². The number of methoxy groups -OCH3 is 1. The van der Waals surface area contributed by atoms with E-state index in [1.54, 1.807) is 7.11 Å². The van der Waals surface area contributed by atoms with Crippen molar-refractivity contribution in [3.05, 3.63) is 66.5 Å². The van der Waals surface area contributed by atoms with E-state index in [-0.39, 0.29) is 0 Å². The van der Waals surface area contributed by atoms with Crippen molar-refractivity contribution < 1.29 is 4.74 Å². The predicted octanol–water partition coefficient (Wildman–Crippen LogP) is 3.38. The summed E-state index contributed by atoms with van der Waals surface area (Å²) in [4.78, 5) is 0. The summed E-state index contributed by atoms with van der Waals surface area (Å²) in [6, 6.07) is 16.1. The number of anilines is 1. The van der Waals surface area contributed by atoms with Crippen LogP contribution in [0.4, 0.5) is 5.69 Å². The molecule has 2 N–H and O–H groups in total. The molecule has 0 aliphatic heterocycles. The van der Waals surface area contributed by atoms with Gasteiger partial charge in [-0.05, 0) is 29.7 Å². The van der Waals surface area contributed by atoms with Crippen molar-refractivity contribution >= 4 is 5.69 Å². The molecule has 112 valence electrons. The Balaban J connectivity index is 1.75. The molecule has 0 aliphatic carbocycles. The smallest absolute Gasteiger partial charge is 0.121 e. The zero-order valence-electron chi connectivity index (χ0n) is 12.6. The lowest BCUT2D eigenvalue weighted by Gasteiger charge is -2.05. The van der Waals surface area contributed by atoms with Crippen molar-refractivity contribution in [1.29, 1.82) is 0 Å². The van der Waals surface area contributed by atoms with Gasteiger partial charge < -0.3 is 10.5 Å². The van der Waals surface area contributed by atoms with Gasteiger partial charge in [-0.25, -0.2) is 0 Å². The lowest BCUT2D eigenvalue weighted by molar-refractivity contribution is 0.415. The lowest BCUT2D eigenvalue weighted by atomic mass is 10.1. The number of rotatable bonds is 5. The van der Waals surface area contributed by atoms with Crippen LogP contribution in [-0.2, 0) is 13.0 Å². The zero-order chi connectivity index (χ0) is 15.4. The van der Waals surface area contributed by atoms with Crippen molar-refractivity contribution in [2.75, 3.05) is 12.8 Å². The second kappa shape index (κ2) is 6.35. The summed E-state index contributed by atoms with van der Waals surface area (Å²) in [7, 11) is 1.64. The molecule has 0 saturated heterocycles. The molecule has 3 rings (SSSR count). The number of ether oxygens (including phenoxy) is 1. The molecule has 0 bridgehead atoms. The van der Waals surface area contributed by atoms with Crippen LogP contribution < -0.4 is 10.5 Å². The number of hydrogen-bond donors (Lipinski definition) is 1. The number of nitrogen functional groups attached to an aromatic ring is 1. The summed E-state index contributed by atoms with van der Waals surface area (Å²) >= 11 is 0. The fraction of sp³-hybridized carbons (Fsp3) is 0.167. The normalized spacial score (nSPS) is 10.6. The predicted molar refractivity (Wildman–Crippen MR) is 88.8 cm³/mol. The van der Waals surface area contributed by atoms with E-state index in [4.69, 9.17) is 10.5 Å². The molecule has 1 aromatic heterocycles. The number of benzene rings is 2. The quantitative estimate of drug-likeness (QED) is 0.734. The van der Waals surface area contributed by atoms with E-state index in [1.165, 1.54) is 5.56 Å². The van der Waals surface area contributed by atoms with E-state index in [9.17, 15) is 0 Å². The standard InChI is InChI=1S/C18H19N3O/c1-22-18-10-15(9-17(19)11-18)16-12-20-21(13-16)8-7-14-5-3-2-4-6-14/h2-6,9-13H,7-8,19H2,1H3. The number of aromatic nitrogens is 2. The SMILES string of the molecule is COc1cc(N)cc(-c2cnn(CCc3ccccc3)c2)c1. The van der Waals surface area contributed by atoms with Crippen molar-refractivity contribution in [1.82, 2.24) is 9.78 Å². The molecular weight excluding hydrogens is 274 g/mol. The van der Waals surface area contributed by atoms with E-state index < -0.39 is 0 Å². The maximum absolute atomic E-state index is 5.91. The molecule has 0 radical (unpaired) electrons. The van der Waals surface area contributed by atoms with Crippen LogP contribution >= 0.6 is 0 Å². The minimum atomic E-state index is 0.686. The maximum Gasteiger partial charge on any atom is 0.121 e. The molecule has 2 aromatic carbocycles. The van der Waals surface area contributed by atoms with Gasteiger partial charge in [0, 0.05) is 30.1 Å². The van der Waals surface area contributed by atoms with E-state index >= 15 is 0 Å². The molecule has 1 heterocycles. The molecule has 4 heteroatoms. The van der Waals surface area contributed by atoms with Crippen molar-refractivity contribution in [2.24, 2.45) is 0 Å². The van der Waals surface area contributed by atoms with Crippen LogP contribution in [0.1, 0.15) is 5.56 Å². The molecule has 3 aromatic rings. The molecule has 0 fully saturated rings. The van der Waals surface area contributed by atoms with Gasteiger partial charge in [0.2, 0.25) is 0 Å². The summed E-state index contributed by atoms with van der Waals surface area (Å²) < 4.78 is 7.22. The number of aryl methyl sites for hydroxylation is 2. The minimum Gasteiger partial charge on any atom is -0.497 e. The largest absolute Gasteiger partial charge is 0.497 e. The minimum absolute atomic E-state index is 0.686. The maximum atomic E-state index is 5.91. The van der Waals surface area contributed by atoms with Crippen molar-refractivity contribution in [2.45, 2.75) is 13.0 Å². The molecule has 0 saturated carbocycles. The van der Waals surface area contributed by atoms with Gasteiger partial charge in [0.25, 0.3) is 0 Å².